The molecule has 22 heavy (non-hydrogen) atoms. The van der Waals surface area contributed by atoms with Gasteiger partial charge in [0.05, 0.1) is 18.7 Å². The van der Waals surface area contributed by atoms with Gasteiger partial charge in [-0.25, -0.2) is 4.79 Å². The molecule has 0 unspecified atom stereocenters. The number of hydrogen-bond acceptors (Lipinski definition) is 4. The highest BCUT2D eigenvalue weighted by molar-refractivity contribution is 6.74. The first-order chi connectivity index (χ1) is 9.78. The molecule has 1 aliphatic rings. The minimum atomic E-state index is -1.86. The minimum Gasteiger partial charge on any atom is -0.444 e. The van der Waals surface area contributed by atoms with Crippen LogP contribution in [0.15, 0.2) is 0 Å². The lowest BCUT2D eigenvalue weighted by Crippen LogP contribution is -2.62. The van der Waals surface area contributed by atoms with E-state index in [-0.39, 0.29) is 17.1 Å². The maximum atomic E-state index is 12.2. The molecular weight excluding hydrogens is 298 g/mol. The maximum Gasteiger partial charge on any atom is 0.411 e. The van der Waals surface area contributed by atoms with E-state index in [1.54, 1.807) is 0 Å². The molecule has 0 aromatic rings. The zero-order chi connectivity index (χ0) is 17.3. The zero-order valence-electron chi connectivity index (χ0n) is 15.2. The second kappa shape index (κ2) is 6.32. The number of rotatable bonds is 4. The van der Waals surface area contributed by atoms with E-state index in [2.05, 4.69) is 33.9 Å². The van der Waals surface area contributed by atoms with E-state index in [0.717, 1.165) is 6.29 Å². The number of aldehydes is 1. The zero-order valence-corrected chi connectivity index (χ0v) is 16.2. The molecular formula is C16H31NO4Si. The van der Waals surface area contributed by atoms with Gasteiger partial charge in [-0.2, -0.15) is 0 Å². The first-order valence-corrected chi connectivity index (χ1v) is 10.8. The molecule has 128 valence electrons. The van der Waals surface area contributed by atoms with Crippen molar-refractivity contribution in [2.45, 2.75) is 83.8 Å². The highest BCUT2D eigenvalue weighted by Gasteiger charge is 2.45. The lowest BCUT2D eigenvalue weighted by Gasteiger charge is -2.47. The van der Waals surface area contributed by atoms with E-state index in [1.807, 2.05) is 20.8 Å². The first-order valence-electron chi connectivity index (χ1n) is 7.89. The average Bonchev–Trinajstić information content (AvgIpc) is 2.23. The SMILES string of the molecule is CC(C)(C)OC(=O)N1[C@H](CO[Si](C)(C)C(C)(C)C)C[C@@H]1C=O. The number of amides is 1. The summed E-state index contributed by atoms with van der Waals surface area (Å²) in [5.41, 5.74) is -0.565. The van der Waals surface area contributed by atoms with Crippen molar-refractivity contribution in [2.75, 3.05) is 6.61 Å². The van der Waals surface area contributed by atoms with E-state index in [9.17, 15) is 9.59 Å². The Morgan fingerprint density at radius 1 is 1.23 bits per heavy atom. The molecule has 0 N–H and O–H groups in total. The standard InChI is InChI=1S/C16H31NO4Si/c1-15(2,3)21-14(19)17-12(10-18)9-13(17)11-20-22(7,8)16(4,5)6/h10,12-13H,9,11H2,1-8H3/t12-,13+/m1/s1. The number of likely N-dealkylation sites (tertiary alicyclic amines) is 1. The monoisotopic (exact) mass is 329 g/mol. The van der Waals surface area contributed by atoms with Crippen LogP contribution >= 0.6 is 0 Å². The largest absolute Gasteiger partial charge is 0.444 e. The van der Waals surface area contributed by atoms with Crippen molar-refractivity contribution in [3.05, 3.63) is 0 Å². The summed E-state index contributed by atoms with van der Waals surface area (Å²) < 4.78 is 11.6. The van der Waals surface area contributed by atoms with Gasteiger partial charge in [-0.15, -0.1) is 0 Å². The molecule has 0 aliphatic carbocycles. The van der Waals surface area contributed by atoms with Crippen LogP contribution in [0.2, 0.25) is 18.1 Å². The van der Waals surface area contributed by atoms with Crippen LogP contribution in [0.3, 0.4) is 0 Å². The Balaban J connectivity index is 2.68. The fraction of sp³-hybridized carbons (Fsp3) is 0.875. The highest BCUT2D eigenvalue weighted by atomic mass is 28.4. The molecule has 1 saturated heterocycles. The van der Waals surface area contributed by atoms with Gasteiger partial charge in [0.15, 0.2) is 8.32 Å². The van der Waals surface area contributed by atoms with Crippen LogP contribution in [0, 0.1) is 0 Å². The second-order valence-electron chi connectivity index (χ2n) is 8.55. The van der Waals surface area contributed by atoms with E-state index in [1.165, 1.54) is 4.90 Å². The van der Waals surface area contributed by atoms with Crippen LogP contribution < -0.4 is 0 Å². The van der Waals surface area contributed by atoms with E-state index < -0.39 is 20.0 Å². The predicted molar refractivity (Wildman–Crippen MR) is 89.5 cm³/mol. The Morgan fingerprint density at radius 2 is 1.77 bits per heavy atom. The third-order valence-corrected chi connectivity index (χ3v) is 8.97. The molecule has 1 rings (SSSR count). The number of hydrogen-bond donors (Lipinski definition) is 0. The summed E-state index contributed by atoms with van der Waals surface area (Å²) >= 11 is 0. The molecule has 0 spiro atoms. The molecule has 1 aliphatic heterocycles. The van der Waals surface area contributed by atoms with Gasteiger partial charge >= 0.3 is 6.09 Å². The molecule has 0 bridgehead atoms. The van der Waals surface area contributed by atoms with Crippen molar-refractivity contribution >= 4 is 20.7 Å². The normalized spacial score (nSPS) is 23.0. The van der Waals surface area contributed by atoms with Crippen molar-refractivity contribution in [1.29, 1.82) is 0 Å². The lowest BCUT2D eigenvalue weighted by molar-refractivity contribution is -0.120. The molecule has 0 saturated carbocycles. The molecule has 0 aromatic carbocycles. The number of carbonyl (C=O) groups is 2. The molecule has 0 radical (unpaired) electrons. The van der Waals surface area contributed by atoms with Gasteiger partial charge in [0.25, 0.3) is 0 Å². The molecule has 0 aromatic heterocycles. The topological polar surface area (TPSA) is 55.8 Å². The van der Waals surface area contributed by atoms with Crippen LogP contribution in [0.25, 0.3) is 0 Å². The third-order valence-electron chi connectivity index (χ3n) is 4.47. The number of nitrogens with zero attached hydrogens (tertiary/aromatic N) is 1. The summed E-state index contributed by atoms with van der Waals surface area (Å²) in [6.45, 7) is 16.8. The number of ether oxygens (including phenoxy) is 1. The van der Waals surface area contributed by atoms with Crippen molar-refractivity contribution in [2.24, 2.45) is 0 Å². The van der Waals surface area contributed by atoms with Crippen molar-refractivity contribution in [1.82, 2.24) is 4.90 Å². The quantitative estimate of drug-likeness (QED) is 0.584. The molecule has 6 heteroatoms. The van der Waals surface area contributed by atoms with Gasteiger partial charge in [0.1, 0.15) is 11.9 Å². The Labute approximate surface area is 135 Å². The van der Waals surface area contributed by atoms with Crippen LogP contribution in [0.5, 0.6) is 0 Å². The minimum absolute atomic E-state index is 0.0702. The number of carbonyl (C=O) groups excluding carboxylic acids is 2. The average molecular weight is 330 g/mol. The van der Waals surface area contributed by atoms with Crippen molar-refractivity contribution in [3.63, 3.8) is 0 Å². The molecule has 5 nitrogen and oxygen atoms in total. The van der Waals surface area contributed by atoms with Gasteiger partial charge in [-0.3, -0.25) is 4.90 Å². The van der Waals surface area contributed by atoms with E-state index in [0.29, 0.717) is 13.0 Å². The lowest BCUT2D eigenvalue weighted by atomic mass is 9.95. The van der Waals surface area contributed by atoms with Gasteiger partial charge < -0.3 is 14.0 Å². The Morgan fingerprint density at radius 3 is 2.18 bits per heavy atom. The van der Waals surface area contributed by atoms with Crippen LogP contribution in [0.1, 0.15) is 48.0 Å². The Hall–Kier alpha value is -0.883. The summed E-state index contributed by atoms with van der Waals surface area (Å²) in [7, 11) is -1.86. The summed E-state index contributed by atoms with van der Waals surface area (Å²) in [5.74, 6) is 0. The van der Waals surface area contributed by atoms with E-state index in [4.69, 9.17) is 9.16 Å². The van der Waals surface area contributed by atoms with Crippen molar-refractivity contribution in [3.8, 4) is 0 Å². The van der Waals surface area contributed by atoms with Crippen LogP contribution in [-0.4, -0.2) is 49.9 Å². The predicted octanol–water partition coefficient (Wildman–Crippen LogP) is 3.59. The third kappa shape index (κ3) is 4.55. The molecule has 1 fully saturated rings. The highest BCUT2D eigenvalue weighted by Crippen LogP contribution is 2.37. The fourth-order valence-corrected chi connectivity index (χ4v) is 3.07. The smallest absolute Gasteiger partial charge is 0.411 e. The Kier molecular flexibility index (Phi) is 5.50. The van der Waals surface area contributed by atoms with Gasteiger partial charge in [0.2, 0.25) is 0 Å². The van der Waals surface area contributed by atoms with Gasteiger partial charge in [-0.05, 0) is 45.3 Å². The van der Waals surface area contributed by atoms with Gasteiger partial charge in [-0.1, -0.05) is 20.8 Å². The molecule has 2 atom stereocenters. The van der Waals surface area contributed by atoms with Gasteiger partial charge in [0, 0.05) is 0 Å². The molecule has 1 heterocycles. The maximum absolute atomic E-state index is 12.2. The summed E-state index contributed by atoms with van der Waals surface area (Å²) in [5, 5.41) is 0.123. The first kappa shape index (κ1) is 19.2. The fourth-order valence-electron chi connectivity index (χ4n) is 2.03. The van der Waals surface area contributed by atoms with Crippen LogP contribution in [0.4, 0.5) is 4.79 Å². The molecule has 1 amide bonds. The summed E-state index contributed by atoms with van der Waals surface area (Å²) in [6, 6.07) is -0.456. The van der Waals surface area contributed by atoms with Crippen LogP contribution in [-0.2, 0) is 14.0 Å². The second-order valence-corrected chi connectivity index (χ2v) is 13.4. The summed E-state index contributed by atoms with van der Waals surface area (Å²) in [6.07, 6.45) is 1.03. The summed E-state index contributed by atoms with van der Waals surface area (Å²) in [4.78, 5) is 24.9. The Bertz CT molecular complexity index is 423. The van der Waals surface area contributed by atoms with Crippen molar-refractivity contribution < 1.29 is 18.8 Å². The van der Waals surface area contributed by atoms with E-state index >= 15 is 0 Å².